The van der Waals surface area contributed by atoms with Crippen molar-refractivity contribution in [3.63, 3.8) is 0 Å². The molecule has 0 radical (unpaired) electrons. The maximum atomic E-state index is 13.4. The fourth-order valence-corrected chi connectivity index (χ4v) is 5.89. The van der Waals surface area contributed by atoms with Crippen LogP contribution in [0.2, 0.25) is 0 Å². The number of rotatable bonds is 5. The Labute approximate surface area is 147 Å². The third kappa shape index (κ3) is 4.19. The lowest BCUT2D eigenvalue weighted by Gasteiger charge is -2.43. The van der Waals surface area contributed by atoms with Gasteiger partial charge in [-0.25, -0.2) is 12.8 Å². The van der Waals surface area contributed by atoms with Gasteiger partial charge in [0.15, 0.2) is 9.84 Å². The summed E-state index contributed by atoms with van der Waals surface area (Å²) in [6, 6.07) is 4.66. The first-order chi connectivity index (χ1) is 11.7. The van der Waals surface area contributed by atoms with Crippen molar-refractivity contribution in [3.8, 4) is 0 Å². The maximum Gasteiger partial charge on any atom is 0.304 e. The van der Waals surface area contributed by atoms with Crippen molar-refractivity contribution < 1.29 is 22.7 Å². The zero-order valence-electron chi connectivity index (χ0n) is 14.2. The predicted molar refractivity (Wildman–Crippen MR) is 91.6 cm³/mol. The molecule has 1 aromatic carbocycles. The van der Waals surface area contributed by atoms with Gasteiger partial charge in [-0.1, -0.05) is 12.1 Å². The molecule has 2 aliphatic heterocycles. The molecule has 0 aromatic heterocycles. The molecule has 0 saturated carbocycles. The molecule has 2 heterocycles. The molecule has 1 aromatic rings. The maximum absolute atomic E-state index is 13.4. The molecule has 2 aliphatic rings. The zero-order valence-corrected chi connectivity index (χ0v) is 15.0. The van der Waals surface area contributed by atoms with Gasteiger partial charge in [0.05, 0.1) is 17.9 Å². The highest BCUT2D eigenvalue weighted by Gasteiger charge is 2.46. The van der Waals surface area contributed by atoms with Gasteiger partial charge in [0.2, 0.25) is 0 Å². The van der Waals surface area contributed by atoms with E-state index >= 15 is 0 Å². The number of fused-ring (bicyclic) bond motifs is 1. The van der Waals surface area contributed by atoms with Gasteiger partial charge in [-0.2, -0.15) is 0 Å². The molecule has 0 spiro atoms. The average Bonchev–Trinajstić information content (AvgIpc) is 2.85. The molecule has 0 amide bonds. The molecule has 3 rings (SSSR count). The van der Waals surface area contributed by atoms with Crippen LogP contribution < -0.4 is 0 Å². The van der Waals surface area contributed by atoms with Crippen LogP contribution in [-0.2, 0) is 21.2 Å². The van der Waals surface area contributed by atoms with Gasteiger partial charge in [0, 0.05) is 38.3 Å². The number of aliphatic carboxylic acids is 1. The molecule has 2 saturated heterocycles. The van der Waals surface area contributed by atoms with Gasteiger partial charge in [-0.15, -0.1) is 0 Å². The summed E-state index contributed by atoms with van der Waals surface area (Å²) in [7, 11) is -3.13. The van der Waals surface area contributed by atoms with E-state index in [2.05, 4.69) is 4.90 Å². The fourth-order valence-electron chi connectivity index (χ4n) is 3.85. The van der Waals surface area contributed by atoms with Crippen LogP contribution in [-0.4, -0.2) is 72.5 Å². The number of aryl methyl sites for hydroxylation is 1. The van der Waals surface area contributed by atoms with Gasteiger partial charge < -0.3 is 5.11 Å². The molecule has 6 nitrogen and oxygen atoms in total. The van der Waals surface area contributed by atoms with Crippen molar-refractivity contribution >= 4 is 15.8 Å². The number of nitrogens with zero attached hydrogens (tertiary/aromatic N) is 2. The highest BCUT2D eigenvalue weighted by Crippen LogP contribution is 2.28. The van der Waals surface area contributed by atoms with Crippen LogP contribution in [0.5, 0.6) is 0 Å². The molecule has 8 heteroatoms. The van der Waals surface area contributed by atoms with E-state index in [1.165, 1.54) is 6.07 Å². The predicted octanol–water partition coefficient (Wildman–Crippen LogP) is 0.892. The lowest BCUT2D eigenvalue weighted by atomic mass is 10.0. The molecule has 138 valence electrons. The number of hydrogen-bond acceptors (Lipinski definition) is 5. The number of piperazine rings is 1. The Bertz CT molecular complexity index is 768. The number of carboxylic acids is 1. The zero-order chi connectivity index (χ0) is 18.2. The van der Waals surface area contributed by atoms with Crippen molar-refractivity contribution in [1.82, 2.24) is 9.80 Å². The van der Waals surface area contributed by atoms with E-state index in [0.29, 0.717) is 31.7 Å². The van der Waals surface area contributed by atoms with E-state index in [0.717, 1.165) is 5.56 Å². The van der Waals surface area contributed by atoms with Crippen molar-refractivity contribution in [3.05, 3.63) is 35.1 Å². The number of sulfone groups is 1. The van der Waals surface area contributed by atoms with E-state index in [9.17, 15) is 17.6 Å². The quantitative estimate of drug-likeness (QED) is 0.830. The number of carboxylic acid groups (broad SMARTS) is 1. The average molecular weight is 370 g/mol. The Hall–Kier alpha value is -1.51. The van der Waals surface area contributed by atoms with E-state index in [1.807, 2.05) is 4.90 Å². The van der Waals surface area contributed by atoms with E-state index < -0.39 is 15.8 Å². The van der Waals surface area contributed by atoms with Crippen LogP contribution in [0.3, 0.4) is 0 Å². The Kier molecular flexibility index (Phi) is 5.13. The monoisotopic (exact) mass is 370 g/mol. The molecular formula is C17H23FN2O4S. The molecule has 2 atom stereocenters. The lowest BCUT2D eigenvalue weighted by Crippen LogP contribution is -2.58. The summed E-state index contributed by atoms with van der Waals surface area (Å²) >= 11 is 0. The third-order valence-corrected chi connectivity index (χ3v) is 6.83. The minimum Gasteiger partial charge on any atom is -0.481 e. The summed E-state index contributed by atoms with van der Waals surface area (Å²) in [5.41, 5.74) is 1.54. The van der Waals surface area contributed by atoms with Gasteiger partial charge in [0.25, 0.3) is 0 Å². The normalized spacial score (nSPS) is 26.5. The summed E-state index contributed by atoms with van der Waals surface area (Å²) < 4.78 is 37.8. The highest BCUT2D eigenvalue weighted by molar-refractivity contribution is 7.91. The second-order valence-corrected chi connectivity index (χ2v) is 9.10. The van der Waals surface area contributed by atoms with E-state index in [-0.39, 0.29) is 35.8 Å². The first kappa shape index (κ1) is 18.3. The van der Waals surface area contributed by atoms with Gasteiger partial charge in [-0.3, -0.25) is 14.6 Å². The largest absolute Gasteiger partial charge is 0.481 e. The standard InChI is InChI=1S/C17H23FN2O4S/c1-12-8-13(2-3-14(12)18)9-20-7-6-19(5-4-17(21)22)15-10-25(23,24)11-16(15)20/h2-3,8,15-16H,4-7,9-11H2,1H3,(H,21,22)/t15-,16+/m1/s1. The number of benzene rings is 1. The second kappa shape index (κ2) is 7.01. The van der Waals surface area contributed by atoms with Crippen molar-refractivity contribution in [2.24, 2.45) is 0 Å². The van der Waals surface area contributed by atoms with Crippen LogP contribution in [0.15, 0.2) is 18.2 Å². The first-order valence-electron chi connectivity index (χ1n) is 8.40. The van der Waals surface area contributed by atoms with Crippen LogP contribution in [0.4, 0.5) is 4.39 Å². The Balaban J connectivity index is 1.76. The van der Waals surface area contributed by atoms with E-state index in [1.54, 1.807) is 19.1 Å². The minimum atomic E-state index is -3.13. The minimum absolute atomic E-state index is 0.0143. The summed E-state index contributed by atoms with van der Waals surface area (Å²) in [5, 5.41) is 8.90. The second-order valence-electron chi connectivity index (χ2n) is 6.95. The van der Waals surface area contributed by atoms with Gasteiger partial charge in [0.1, 0.15) is 5.82 Å². The molecule has 0 aliphatic carbocycles. The van der Waals surface area contributed by atoms with Crippen LogP contribution >= 0.6 is 0 Å². The summed E-state index contributed by atoms with van der Waals surface area (Å²) in [4.78, 5) is 15.0. The smallest absolute Gasteiger partial charge is 0.304 e. The fraction of sp³-hybridized carbons (Fsp3) is 0.588. The van der Waals surface area contributed by atoms with Crippen molar-refractivity contribution in [2.45, 2.75) is 32.0 Å². The topological polar surface area (TPSA) is 77.9 Å². The summed E-state index contributed by atoms with van der Waals surface area (Å²) in [6.45, 7) is 3.97. The summed E-state index contributed by atoms with van der Waals surface area (Å²) in [6.07, 6.45) is 0.0143. The van der Waals surface area contributed by atoms with E-state index in [4.69, 9.17) is 5.11 Å². The van der Waals surface area contributed by atoms with Crippen LogP contribution in [0.1, 0.15) is 17.5 Å². The van der Waals surface area contributed by atoms with Gasteiger partial charge >= 0.3 is 5.97 Å². The lowest BCUT2D eigenvalue weighted by molar-refractivity contribution is -0.137. The Morgan fingerprint density at radius 2 is 1.88 bits per heavy atom. The van der Waals surface area contributed by atoms with Crippen molar-refractivity contribution in [2.75, 3.05) is 31.1 Å². The number of halogens is 1. The Morgan fingerprint density at radius 1 is 1.24 bits per heavy atom. The van der Waals surface area contributed by atoms with Crippen LogP contribution in [0.25, 0.3) is 0 Å². The van der Waals surface area contributed by atoms with Crippen molar-refractivity contribution in [1.29, 1.82) is 0 Å². The van der Waals surface area contributed by atoms with Crippen LogP contribution in [0, 0.1) is 12.7 Å². The Morgan fingerprint density at radius 3 is 2.52 bits per heavy atom. The molecule has 25 heavy (non-hydrogen) atoms. The first-order valence-corrected chi connectivity index (χ1v) is 10.2. The number of hydrogen-bond donors (Lipinski definition) is 1. The highest BCUT2D eigenvalue weighted by atomic mass is 32.2. The van der Waals surface area contributed by atoms with Gasteiger partial charge in [-0.05, 0) is 24.1 Å². The molecule has 2 fully saturated rings. The SMILES string of the molecule is Cc1cc(CN2CCN(CCC(=O)O)[C@@H]3CS(=O)(=O)C[C@@H]32)ccc1F. The molecule has 0 bridgehead atoms. The third-order valence-electron chi connectivity index (χ3n) is 5.13. The molecule has 1 N–H and O–H groups in total. The number of carbonyl (C=O) groups is 1. The molecule has 0 unspecified atom stereocenters. The summed E-state index contributed by atoms with van der Waals surface area (Å²) in [5.74, 6) is -0.942. The molecular weight excluding hydrogens is 347 g/mol.